The van der Waals surface area contributed by atoms with Gasteiger partial charge in [0.25, 0.3) is 0 Å². The Morgan fingerprint density at radius 3 is 2.45 bits per heavy atom. The van der Waals surface area contributed by atoms with E-state index in [4.69, 9.17) is 18.5 Å². The van der Waals surface area contributed by atoms with E-state index >= 15 is 0 Å². The predicted octanol–water partition coefficient (Wildman–Crippen LogP) is 4.74. The summed E-state index contributed by atoms with van der Waals surface area (Å²) in [5, 5.41) is 0. The maximum Gasteiger partial charge on any atom is 0.330 e. The number of ether oxygens (including phenoxy) is 2. The predicted molar refractivity (Wildman–Crippen MR) is 88.3 cm³/mol. The topological polar surface area (TPSA) is 54.0 Å². The summed E-state index contributed by atoms with van der Waals surface area (Å²) in [5.41, 5.74) is 0. The lowest BCUT2D eigenvalue weighted by atomic mass is 10.1. The minimum Gasteiger partial charge on any atom is -0.353 e. The molecule has 1 aliphatic heterocycles. The highest BCUT2D eigenvalue weighted by Gasteiger charge is 2.23. The molecule has 1 aliphatic rings. The number of rotatable bonds is 12. The third-order valence-corrected chi connectivity index (χ3v) is 6.10. The van der Waals surface area contributed by atoms with Crippen LogP contribution in [0.2, 0.25) is 0 Å². The van der Waals surface area contributed by atoms with Crippen molar-refractivity contribution in [2.24, 2.45) is 0 Å². The van der Waals surface area contributed by atoms with Gasteiger partial charge in [0.1, 0.15) is 0 Å². The zero-order valence-electron chi connectivity index (χ0n) is 14.4. The van der Waals surface area contributed by atoms with E-state index in [2.05, 4.69) is 6.92 Å². The monoisotopic (exact) mass is 336 g/mol. The Morgan fingerprint density at radius 2 is 1.86 bits per heavy atom. The lowest BCUT2D eigenvalue weighted by Crippen LogP contribution is -2.28. The number of hydrogen-bond donors (Lipinski definition) is 0. The highest BCUT2D eigenvalue weighted by atomic mass is 31.2. The van der Waals surface area contributed by atoms with E-state index in [1.165, 1.54) is 39.9 Å². The first-order chi connectivity index (χ1) is 10.6. The van der Waals surface area contributed by atoms with Crippen LogP contribution in [0.3, 0.4) is 0 Å². The third kappa shape index (κ3) is 8.07. The smallest absolute Gasteiger partial charge is 0.330 e. The van der Waals surface area contributed by atoms with E-state index in [9.17, 15) is 4.57 Å². The van der Waals surface area contributed by atoms with Crippen molar-refractivity contribution in [3.05, 3.63) is 0 Å². The molecular weight excluding hydrogens is 303 g/mol. The molecule has 132 valence electrons. The maximum atomic E-state index is 12.1. The molecule has 22 heavy (non-hydrogen) atoms. The van der Waals surface area contributed by atoms with Gasteiger partial charge in [0.15, 0.2) is 6.29 Å². The van der Waals surface area contributed by atoms with Crippen LogP contribution in [0.1, 0.15) is 64.7 Å². The van der Waals surface area contributed by atoms with Crippen LogP contribution in [0.25, 0.3) is 0 Å². The van der Waals surface area contributed by atoms with Gasteiger partial charge in [0.05, 0.1) is 12.3 Å². The molecule has 0 N–H and O–H groups in total. The fourth-order valence-corrected chi connectivity index (χ4v) is 3.79. The molecule has 0 spiro atoms. The second kappa shape index (κ2) is 11.6. The molecule has 0 aromatic heterocycles. The molecule has 1 fully saturated rings. The van der Waals surface area contributed by atoms with E-state index in [-0.39, 0.29) is 12.4 Å². The summed E-state index contributed by atoms with van der Waals surface area (Å²) in [7, 11) is -0.0188. The first kappa shape index (κ1) is 20.1. The summed E-state index contributed by atoms with van der Waals surface area (Å²) in [4.78, 5) is 0. The Kier molecular flexibility index (Phi) is 10.6. The van der Waals surface area contributed by atoms with Gasteiger partial charge in [-0.25, -0.2) is 0 Å². The molecule has 1 unspecified atom stereocenters. The van der Waals surface area contributed by atoms with Crippen LogP contribution in [-0.2, 0) is 23.1 Å². The van der Waals surface area contributed by atoms with Crippen molar-refractivity contribution >= 4 is 7.60 Å². The molecule has 5 nitrogen and oxygen atoms in total. The van der Waals surface area contributed by atoms with Gasteiger partial charge in [-0.2, -0.15) is 0 Å². The van der Waals surface area contributed by atoms with Crippen molar-refractivity contribution in [3.63, 3.8) is 0 Å². The Bertz CT molecular complexity index is 310. The zero-order valence-corrected chi connectivity index (χ0v) is 15.3. The summed E-state index contributed by atoms with van der Waals surface area (Å²) in [5.74, 6) is 0. The number of unbranched alkanes of at least 4 members (excludes halogenated alkanes) is 2. The zero-order chi connectivity index (χ0) is 16.3. The van der Waals surface area contributed by atoms with E-state index < -0.39 is 7.60 Å². The Labute approximate surface area is 135 Å². The summed E-state index contributed by atoms with van der Waals surface area (Å²) in [6.07, 6.45) is 10.1. The van der Waals surface area contributed by atoms with Crippen LogP contribution in [-0.4, -0.2) is 39.4 Å². The van der Waals surface area contributed by atoms with Gasteiger partial charge in [0.2, 0.25) is 0 Å². The quantitative estimate of drug-likeness (QED) is 0.380. The second-order valence-electron chi connectivity index (χ2n) is 5.89. The normalized spacial score (nSPS) is 21.0. The summed E-state index contributed by atoms with van der Waals surface area (Å²) < 4.78 is 33.8. The van der Waals surface area contributed by atoms with Gasteiger partial charge >= 0.3 is 7.60 Å². The Hall–Kier alpha value is 0.0700. The second-order valence-corrected chi connectivity index (χ2v) is 8.29. The molecule has 1 saturated heterocycles. The van der Waals surface area contributed by atoms with Crippen molar-refractivity contribution in [1.29, 1.82) is 0 Å². The molecule has 0 aromatic carbocycles. The van der Waals surface area contributed by atoms with E-state index in [1.807, 2.05) is 0 Å². The summed E-state index contributed by atoms with van der Waals surface area (Å²) in [6, 6.07) is 0. The molecule has 6 heteroatoms. The lowest BCUT2D eigenvalue weighted by Gasteiger charge is -2.28. The average Bonchev–Trinajstić information content (AvgIpc) is 2.55. The molecular formula is C16H33O5P. The molecule has 0 aliphatic carbocycles. The van der Waals surface area contributed by atoms with E-state index in [0.29, 0.717) is 6.16 Å². The largest absolute Gasteiger partial charge is 0.353 e. The van der Waals surface area contributed by atoms with Crippen LogP contribution in [0.4, 0.5) is 0 Å². The molecule has 1 heterocycles. The van der Waals surface area contributed by atoms with Crippen molar-refractivity contribution in [2.75, 3.05) is 27.0 Å². The number of hydrogen-bond acceptors (Lipinski definition) is 5. The van der Waals surface area contributed by atoms with Gasteiger partial charge in [-0.3, -0.25) is 4.57 Å². The first-order valence-electron chi connectivity index (χ1n) is 8.61. The molecule has 0 amide bonds. The highest BCUT2D eigenvalue weighted by Crippen LogP contribution is 2.47. The maximum absolute atomic E-state index is 12.1. The molecule has 0 saturated carbocycles. The van der Waals surface area contributed by atoms with Gasteiger partial charge in [-0.15, -0.1) is 0 Å². The van der Waals surface area contributed by atoms with Gasteiger partial charge < -0.3 is 18.5 Å². The fourth-order valence-electron chi connectivity index (χ4n) is 2.71. The van der Waals surface area contributed by atoms with Gasteiger partial charge in [-0.1, -0.05) is 26.2 Å². The van der Waals surface area contributed by atoms with Crippen LogP contribution in [0.15, 0.2) is 0 Å². The van der Waals surface area contributed by atoms with Crippen LogP contribution in [0.5, 0.6) is 0 Å². The summed E-state index contributed by atoms with van der Waals surface area (Å²) in [6.45, 7) is 3.00. The molecule has 0 bridgehead atoms. The minimum atomic E-state index is -2.90. The van der Waals surface area contributed by atoms with Crippen molar-refractivity contribution < 1.29 is 23.1 Å². The molecule has 0 aromatic rings. The van der Waals surface area contributed by atoms with Gasteiger partial charge in [-0.05, 0) is 38.5 Å². The fraction of sp³-hybridized carbons (Fsp3) is 1.00. The first-order valence-corrected chi connectivity index (χ1v) is 10.3. The third-order valence-electron chi connectivity index (χ3n) is 4.13. The van der Waals surface area contributed by atoms with Crippen LogP contribution < -0.4 is 0 Å². The van der Waals surface area contributed by atoms with Crippen molar-refractivity contribution in [1.82, 2.24) is 0 Å². The lowest BCUT2D eigenvalue weighted by molar-refractivity contribution is -0.190. The molecule has 0 radical (unpaired) electrons. The average molecular weight is 336 g/mol. The van der Waals surface area contributed by atoms with Crippen LogP contribution >= 0.6 is 7.60 Å². The molecule has 2 atom stereocenters. The van der Waals surface area contributed by atoms with E-state index in [1.54, 1.807) is 0 Å². The Balaban J connectivity index is 2.37. The highest BCUT2D eigenvalue weighted by molar-refractivity contribution is 7.53. The Morgan fingerprint density at radius 1 is 1.14 bits per heavy atom. The standard InChI is InChI=1S/C16H33O5P/c1-4-5-6-10-15(21-16-12-7-8-13-20-16)11-9-14-22(17,18-2)19-3/h15-16H,4-14H2,1-3H3/t15-,16?/m0/s1. The van der Waals surface area contributed by atoms with E-state index in [0.717, 1.165) is 38.7 Å². The van der Waals surface area contributed by atoms with Gasteiger partial charge in [0, 0.05) is 20.8 Å². The summed E-state index contributed by atoms with van der Waals surface area (Å²) >= 11 is 0. The minimum absolute atomic E-state index is 0.0583. The molecule has 1 rings (SSSR count). The van der Waals surface area contributed by atoms with Crippen molar-refractivity contribution in [3.8, 4) is 0 Å². The van der Waals surface area contributed by atoms with Crippen molar-refractivity contribution in [2.45, 2.75) is 77.1 Å². The SMILES string of the molecule is CCCCC[C@@H](CCCP(=O)(OC)OC)OC1CCCCO1. The van der Waals surface area contributed by atoms with Crippen LogP contribution in [0, 0.1) is 0 Å².